The van der Waals surface area contributed by atoms with Gasteiger partial charge in [0.25, 0.3) is 0 Å². The molecular weight excluding hydrogens is 228 g/mol. The third-order valence-electron chi connectivity index (χ3n) is 3.75. The monoisotopic (exact) mass is 246 g/mol. The largest absolute Gasteiger partial charge is 0.382 e. The zero-order chi connectivity index (χ0) is 12.7. The summed E-state index contributed by atoms with van der Waals surface area (Å²) >= 11 is 0. The van der Waals surface area contributed by atoms with E-state index in [1.165, 1.54) is 12.0 Å². The predicted octanol–water partition coefficient (Wildman–Crippen LogP) is 0.673. The number of aryl methyl sites for hydroxylation is 1. The molecule has 0 amide bonds. The number of hydrazine groups is 1. The van der Waals surface area contributed by atoms with Gasteiger partial charge in [-0.25, -0.2) is 14.5 Å². The number of nitrogen functional groups attached to an aromatic ring is 1. The summed E-state index contributed by atoms with van der Waals surface area (Å²) < 4.78 is 1.94. The minimum absolute atomic E-state index is 0.500. The van der Waals surface area contributed by atoms with Gasteiger partial charge in [-0.1, -0.05) is 0 Å². The van der Waals surface area contributed by atoms with Crippen LogP contribution in [0.3, 0.4) is 0 Å². The fourth-order valence-corrected chi connectivity index (χ4v) is 2.77. The first-order chi connectivity index (χ1) is 8.66. The van der Waals surface area contributed by atoms with Gasteiger partial charge in [0, 0.05) is 24.7 Å². The molecule has 2 aromatic heterocycles. The highest BCUT2D eigenvalue weighted by atomic mass is 15.4. The van der Waals surface area contributed by atoms with Crippen LogP contribution in [0.2, 0.25) is 0 Å². The van der Waals surface area contributed by atoms with Gasteiger partial charge in [0.15, 0.2) is 5.82 Å². The molecule has 96 valence electrons. The van der Waals surface area contributed by atoms with Crippen LogP contribution in [0.25, 0.3) is 5.52 Å². The van der Waals surface area contributed by atoms with Crippen molar-refractivity contribution in [3.63, 3.8) is 0 Å². The standard InChI is InChI=1S/C12H18N6/c1-8-6-10(9-2-4-17(14)5-3-9)18-11(8)12(13)15-7-16-18/h6-7,9H,2-5,14H2,1H3,(H2,13,15,16). The molecular formula is C12H18N6. The molecule has 6 nitrogen and oxygen atoms in total. The molecule has 1 saturated heterocycles. The van der Waals surface area contributed by atoms with Gasteiger partial charge in [-0.15, -0.1) is 0 Å². The van der Waals surface area contributed by atoms with Crippen LogP contribution < -0.4 is 11.6 Å². The molecule has 0 spiro atoms. The number of hydrogen-bond donors (Lipinski definition) is 2. The Morgan fingerprint density at radius 2 is 2.06 bits per heavy atom. The summed E-state index contributed by atoms with van der Waals surface area (Å²) in [7, 11) is 0. The maximum absolute atomic E-state index is 5.92. The molecule has 0 atom stereocenters. The normalized spacial score (nSPS) is 18.6. The average molecular weight is 246 g/mol. The van der Waals surface area contributed by atoms with Gasteiger partial charge in [0.2, 0.25) is 0 Å². The summed E-state index contributed by atoms with van der Waals surface area (Å²) in [6, 6.07) is 2.18. The summed E-state index contributed by atoms with van der Waals surface area (Å²) in [5.41, 5.74) is 9.22. The van der Waals surface area contributed by atoms with Crippen LogP contribution in [0.5, 0.6) is 0 Å². The number of anilines is 1. The topological polar surface area (TPSA) is 85.5 Å². The van der Waals surface area contributed by atoms with Crippen molar-refractivity contribution < 1.29 is 0 Å². The lowest BCUT2D eigenvalue weighted by Crippen LogP contribution is -2.38. The van der Waals surface area contributed by atoms with Crippen molar-refractivity contribution in [2.45, 2.75) is 25.7 Å². The van der Waals surface area contributed by atoms with Crippen molar-refractivity contribution >= 4 is 11.3 Å². The minimum Gasteiger partial charge on any atom is -0.382 e. The lowest BCUT2D eigenvalue weighted by atomic mass is 9.94. The summed E-state index contributed by atoms with van der Waals surface area (Å²) in [4.78, 5) is 4.06. The highest BCUT2D eigenvalue weighted by molar-refractivity contribution is 5.70. The van der Waals surface area contributed by atoms with Crippen LogP contribution >= 0.6 is 0 Å². The third kappa shape index (κ3) is 1.74. The molecule has 0 aromatic carbocycles. The van der Waals surface area contributed by atoms with E-state index in [2.05, 4.69) is 23.1 Å². The first kappa shape index (κ1) is 11.4. The van der Waals surface area contributed by atoms with E-state index in [1.54, 1.807) is 0 Å². The number of nitrogens with zero attached hydrogens (tertiary/aromatic N) is 4. The lowest BCUT2D eigenvalue weighted by molar-refractivity contribution is 0.215. The number of fused-ring (bicyclic) bond motifs is 1. The van der Waals surface area contributed by atoms with Crippen molar-refractivity contribution in [1.82, 2.24) is 19.6 Å². The van der Waals surface area contributed by atoms with Crippen LogP contribution in [-0.2, 0) is 0 Å². The average Bonchev–Trinajstić information content (AvgIpc) is 2.69. The smallest absolute Gasteiger partial charge is 0.151 e. The van der Waals surface area contributed by atoms with Crippen LogP contribution in [-0.4, -0.2) is 32.7 Å². The van der Waals surface area contributed by atoms with Crippen molar-refractivity contribution in [3.8, 4) is 0 Å². The van der Waals surface area contributed by atoms with E-state index in [-0.39, 0.29) is 0 Å². The maximum atomic E-state index is 5.92. The summed E-state index contributed by atoms with van der Waals surface area (Å²) in [5.74, 6) is 6.84. The quantitative estimate of drug-likeness (QED) is 0.722. The molecule has 0 radical (unpaired) electrons. The molecule has 0 bridgehead atoms. The molecule has 1 aliphatic rings. The molecule has 1 aliphatic heterocycles. The van der Waals surface area contributed by atoms with E-state index in [1.807, 2.05) is 9.52 Å². The molecule has 0 aliphatic carbocycles. The molecule has 0 unspecified atom stereocenters. The second-order valence-corrected chi connectivity index (χ2v) is 4.97. The number of piperidine rings is 1. The van der Waals surface area contributed by atoms with Crippen molar-refractivity contribution in [1.29, 1.82) is 0 Å². The molecule has 18 heavy (non-hydrogen) atoms. The summed E-state index contributed by atoms with van der Waals surface area (Å²) in [6.45, 7) is 3.91. The van der Waals surface area contributed by atoms with Crippen molar-refractivity contribution in [2.75, 3.05) is 18.8 Å². The number of nitrogens with two attached hydrogens (primary N) is 2. The lowest BCUT2D eigenvalue weighted by Gasteiger charge is -2.28. The highest BCUT2D eigenvalue weighted by Crippen LogP contribution is 2.30. The van der Waals surface area contributed by atoms with Crippen LogP contribution in [0, 0.1) is 6.92 Å². The fraction of sp³-hybridized carbons (Fsp3) is 0.500. The van der Waals surface area contributed by atoms with Gasteiger partial charge in [-0.2, -0.15) is 5.10 Å². The third-order valence-corrected chi connectivity index (χ3v) is 3.75. The molecule has 4 N–H and O–H groups in total. The zero-order valence-corrected chi connectivity index (χ0v) is 10.5. The predicted molar refractivity (Wildman–Crippen MR) is 69.9 cm³/mol. The van der Waals surface area contributed by atoms with Crippen molar-refractivity contribution in [2.24, 2.45) is 5.84 Å². The number of hydrogen-bond acceptors (Lipinski definition) is 5. The van der Waals surface area contributed by atoms with E-state index >= 15 is 0 Å². The Balaban J connectivity index is 2.05. The van der Waals surface area contributed by atoms with Gasteiger partial charge >= 0.3 is 0 Å². The number of aromatic nitrogens is 3. The van der Waals surface area contributed by atoms with Crippen LogP contribution in [0.15, 0.2) is 12.4 Å². The first-order valence-electron chi connectivity index (χ1n) is 6.25. The maximum Gasteiger partial charge on any atom is 0.151 e. The highest BCUT2D eigenvalue weighted by Gasteiger charge is 2.23. The van der Waals surface area contributed by atoms with E-state index < -0.39 is 0 Å². The molecule has 3 heterocycles. The zero-order valence-electron chi connectivity index (χ0n) is 10.5. The molecule has 1 fully saturated rings. The summed E-state index contributed by atoms with van der Waals surface area (Å²) in [6.07, 6.45) is 3.64. The Hall–Kier alpha value is -1.66. The SMILES string of the molecule is Cc1cc(C2CCN(N)CC2)n2ncnc(N)c12. The van der Waals surface area contributed by atoms with Gasteiger partial charge in [0.1, 0.15) is 11.8 Å². The van der Waals surface area contributed by atoms with E-state index in [4.69, 9.17) is 11.6 Å². The van der Waals surface area contributed by atoms with Crippen molar-refractivity contribution in [3.05, 3.63) is 23.7 Å². The second-order valence-electron chi connectivity index (χ2n) is 4.97. The molecule has 2 aromatic rings. The second kappa shape index (κ2) is 4.22. The minimum atomic E-state index is 0.500. The van der Waals surface area contributed by atoms with E-state index in [0.29, 0.717) is 11.7 Å². The van der Waals surface area contributed by atoms with Gasteiger partial charge in [0.05, 0.1) is 0 Å². The Labute approximate surface area is 106 Å². The first-order valence-corrected chi connectivity index (χ1v) is 6.25. The number of rotatable bonds is 1. The van der Waals surface area contributed by atoms with Gasteiger partial charge in [-0.05, 0) is 31.4 Å². The van der Waals surface area contributed by atoms with Gasteiger partial charge < -0.3 is 5.73 Å². The Bertz CT molecular complexity index is 567. The Morgan fingerprint density at radius 1 is 1.33 bits per heavy atom. The molecule has 6 heteroatoms. The van der Waals surface area contributed by atoms with Crippen LogP contribution in [0.1, 0.15) is 30.0 Å². The van der Waals surface area contributed by atoms with E-state index in [9.17, 15) is 0 Å². The Kier molecular flexibility index (Phi) is 2.68. The van der Waals surface area contributed by atoms with E-state index in [0.717, 1.165) is 37.0 Å². The summed E-state index contributed by atoms with van der Waals surface area (Å²) in [5, 5.41) is 6.22. The fourth-order valence-electron chi connectivity index (χ4n) is 2.77. The molecule has 0 saturated carbocycles. The van der Waals surface area contributed by atoms with Gasteiger partial charge in [-0.3, -0.25) is 5.84 Å². The Morgan fingerprint density at radius 3 is 2.78 bits per heavy atom. The molecule has 3 rings (SSSR count). The van der Waals surface area contributed by atoms with Crippen LogP contribution in [0.4, 0.5) is 5.82 Å².